The molecule has 0 bridgehead atoms. The number of nitrogens with one attached hydrogen (secondary N) is 2. The predicted molar refractivity (Wildman–Crippen MR) is 115 cm³/mol. The second-order valence-electron chi connectivity index (χ2n) is 6.72. The first-order chi connectivity index (χ1) is 14.5. The second-order valence-corrected chi connectivity index (χ2v) is 6.72. The standard InChI is InChI=1S/C22H21N3O5/c1-25-20-18(21(26)24-22(25)27)17(12-5-8-14(28-2)9-6-12)19(23-20)13-7-10-15(29-3)16(11-13)30-4/h5-11,23H,1-4H3,(H,24,26,27). The van der Waals surface area contributed by atoms with Crippen molar-refractivity contribution < 1.29 is 14.2 Å². The molecule has 0 unspecified atom stereocenters. The quantitative estimate of drug-likeness (QED) is 0.530. The summed E-state index contributed by atoms with van der Waals surface area (Å²) >= 11 is 0. The van der Waals surface area contributed by atoms with E-state index in [2.05, 4.69) is 9.97 Å². The fourth-order valence-corrected chi connectivity index (χ4v) is 3.56. The highest BCUT2D eigenvalue weighted by Crippen LogP contribution is 2.39. The lowest BCUT2D eigenvalue weighted by atomic mass is 9.99. The molecule has 0 saturated heterocycles. The summed E-state index contributed by atoms with van der Waals surface area (Å²) in [7, 11) is 6.33. The molecule has 0 radical (unpaired) electrons. The van der Waals surface area contributed by atoms with E-state index in [1.807, 2.05) is 36.4 Å². The van der Waals surface area contributed by atoms with Gasteiger partial charge in [0.1, 0.15) is 11.4 Å². The summed E-state index contributed by atoms with van der Waals surface area (Å²) < 4.78 is 17.4. The number of benzene rings is 2. The first-order valence-corrected chi connectivity index (χ1v) is 9.20. The van der Waals surface area contributed by atoms with Crippen LogP contribution in [0, 0.1) is 0 Å². The number of hydrogen-bond acceptors (Lipinski definition) is 5. The van der Waals surface area contributed by atoms with Crippen molar-refractivity contribution in [2.45, 2.75) is 0 Å². The summed E-state index contributed by atoms with van der Waals surface area (Å²) in [4.78, 5) is 30.6. The molecule has 0 fully saturated rings. The molecular formula is C22H21N3O5. The van der Waals surface area contributed by atoms with Gasteiger partial charge in [0.2, 0.25) is 0 Å². The first kappa shape index (κ1) is 19.4. The number of H-pyrrole nitrogens is 2. The monoisotopic (exact) mass is 407 g/mol. The van der Waals surface area contributed by atoms with Crippen molar-refractivity contribution in [2.75, 3.05) is 21.3 Å². The third-order valence-corrected chi connectivity index (χ3v) is 5.12. The molecule has 8 nitrogen and oxygen atoms in total. The number of aromatic nitrogens is 3. The van der Waals surface area contributed by atoms with E-state index < -0.39 is 11.2 Å². The van der Waals surface area contributed by atoms with Crippen LogP contribution in [0.25, 0.3) is 33.4 Å². The lowest BCUT2D eigenvalue weighted by Gasteiger charge is -2.11. The normalized spacial score (nSPS) is 10.9. The molecule has 2 aromatic carbocycles. The van der Waals surface area contributed by atoms with Gasteiger partial charge in [-0.25, -0.2) is 4.79 Å². The summed E-state index contributed by atoms with van der Waals surface area (Å²) in [5.41, 5.74) is 2.42. The van der Waals surface area contributed by atoms with Crippen LogP contribution in [-0.2, 0) is 7.05 Å². The Hall–Kier alpha value is -3.94. The average Bonchev–Trinajstić information content (AvgIpc) is 3.18. The number of nitrogens with zero attached hydrogens (tertiary/aromatic N) is 1. The van der Waals surface area contributed by atoms with Gasteiger partial charge in [0.25, 0.3) is 5.56 Å². The lowest BCUT2D eigenvalue weighted by molar-refractivity contribution is 0.355. The number of fused-ring (bicyclic) bond motifs is 1. The molecule has 0 atom stereocenters. The van der Waals surface area contributed by atoms with Crippen LogP contribution in [0.3, 0.4) is 0 Å². The minimum absolute atomic E-state index is 0.395. The maximum atomic E-state index is 12.8. The molecule has 154 valence electrons. The summed E-state index contributed by atoms with van der Waals surface area (Å²) in [6, 6.07) is 12.9. The average molecular weight is 407 g/mol. The SMILES string of the molecule is COc1ccc(-c2c(-c3ccc(OC)c(OC)c3)[nH]c3c2c(=O)[nH]c(=O)n3C)cc1. The smallest absolute Gasteiger partial charge is 0.329 e. The molecule has 2 N–H and O–H groups in total. The van der Waals surface area contributed by atoms with Crippen LogP contribution in [0.15, 0.2) is 52.1 Å². The zero-order valence-electron chi connectivity index (χ0n) is 17.0. The van der Waals surface area contributed by atoms with Gasteiger partial charge in [0, 0.05) is 18.2 Å². The van der Waals surface area contributed by atoms with Crippen LogP contribution in [0.2, 0.25) is 0 Å². The summed E-state index contributed by atoms with van der Waals surface area (Å²) in [5, 5.41) is 0.395. The van der Waals surface area contributed by atoms with Crippen LogP contribution in [0.5, 0.6) is 17.2 Å². The van der Waals surface area contributed by atoms with Crippen LogP contribution >= 0.6 is 0 Å². The zero-order chi connectivity index (χ0) is 21.4. The minimum atomic E-state index is -0.492. The first-order valence-electron chi connectivity index (χ1n) is 9.20. The van der Waals surface area contributed by atoms with Crippen molar-refractivity contribution in [2.24, 2.45) is 7.05 Å². The van der Waals surface area contributed by atoms with Crippen molar-refractivity contribution in [1.82, 2.24) is 14.5 Å². The highest BCUT2D eigenvalue weighted by molar-refractivity contribution is 6.02. The number of methoxy groups -OCH3 is 3. The van der Waals surface area contributed by atoms with E-state index in [4.69, 9.17) is 14.2 Å². The van der Waals surface area contributed by atoms with Crippen LogP contribution in [0.4, 0.5) is 0 Å². The number of rotatable bonds is 5. The minimum Gasteiger partial charge on any atom is -0.497 e. The van der Waals surface area contributed by atoms with E-state index in [-0.39, 0.29) is 0 Å². The Kier molecular flexibility index (Phi) is 4.83. The second kappa shape index (κ2) is 7.47. The Morgan fingerprint density at radius 2 is 1.47 bits per heavy atom. The maximum Gasteiger partial charge on any atom is 0.329 e. The maximum absolute atomic E-state index is 12.8. The number of aryl methyl sites for hydroxylation is 1. The highest BCUT2D eigenvalue weighted by atomic mass is 16.5. The van der Waals surface area contributed by atoms with Gasteiger partial charge in [-0.1, -0.05) is 12.1 Å². The van der Waals surface area contributed by atoms with Crippen LogP contribution in [0.1, 0.15) is 0 Å². The van der Waals surface area contributed by atoms with Gasteiger partial charge in [0.05, 0.1) is 32.4 Å². The topological polar surface area (TPSA) is 98.3 Å². The van der Waals surface area contributed by atoms with Gasteiger partial charge >= 0.3 is 5.69 Å². The van der Waals surface area contributed by atoms with Gasteiger partial charge in [-0.2, -0.15) is 0 Å². The molecule has 0 aliphatic heterocycles. The predicted octanol–water partition coefficient (Wildman–Crippen LogP) is 2.91. The Balaban J connectivity index is 2.08. The van der Waals surface area contributed by atoms with Crippen molar-refractivity contribution in [1.29, 1.82) is 0 Å². The lowest BCUT2D eigenvalue weighted by Crippen LogP contribution is -2.28. The molecule has 4 aromatic rings. The van der Waals surface area contributed by atoms with Gasteiger partial charge < -0.3 is 19.2 Å². The Morgan fingerprint density at radius 1 is 0.800 bits per heavy atom. The molecule has 2 aromatic heterocycles. The van der Waals surface area contributed by atoms with Crippen molar-refractivity contribution in [3.8, 4) is 39.6 Å². The van der Waals surface area contributed by atoms with E-state index in [1.54, 1.807) is 34.4 Å². The Bertz CT molecular complexity index is 1350. The van der Waals surface area contributed by atoms with Crippen molar-refractivity contribution >= 4 is 11.0 Å². The zero-order valence-corrected chi connectivity index (χ0v) is 17.0. The molecule has 0 aliphatic carbocycles. The fourth-order valence-electron chi connectivity index (χ4n) is 3.56. The van der Waals surface area contributed by atoms with Gasteiger partial charge in [-0.3, -0.25) is 14.3 Å². The number of hydrogen-bond donors (Lipinski definition) is 2. The van der Waals surface area contributed by atoms with Crippen LogP contribution in [-0.4, -0.2) is 35.9 Å². The summed E-state index contributed by atoms with van der Waals surface area (Å²) in [6.45, 7) is 0. The summed E-state index contributed by atoms with van der Waals surface area (Å²) in [5.74, 6) is 1.85. The largest absolute Gasteiger partial charge is 0.497 e. The van der Waals surface area contributed by atoms with E-state index >= 15 is 0 Å². The van der Waals surface area contributed by atoms with Gasteiger partial charge in [-0.15, -0.1) is 0 Å². The molecular weight excluding hydrogens is 386 g/mol. The molecule has 30 heavy (non-hydrogen) atoms. The molecule has 0 spiro atoms. The van der Waals surface area contributed by atoms with Gasteiger partial charge in [0.15, 0.2) is 11.5 Å². The van der Waals surface area contributed by atoms with Crippen molar-refractivity contribution in [3.63, 3.8) is 0 Å². The number of ether oxygens (including phenoxy) is 3. The van der Waals surface area contributed by atoms with Gasteiger partial charge in [-0.05, 0) is 35.9 Å². The Morgan fingerprint density at radius 3 is 2.10 bits per heavy atom. The fraction of sp³-hybridized carbons (Fsp3) is 0.182. The number of aromatic amines is 2. The molecule has 0 aliphatic rings. The Labute approximate surface area is 171 Å². The molecule has 8 heteroatoms. The molecule has 2 heterocycles. The van der Waals surface area contributed by atoms with E-state index in [1.165, 1.54) is 4.57 Å². The van der Waals surface area contributed by atoms with E-state index in [9.17, 15) is 9.59 Å². The third-order valence-electron chi connectivity index (χ3n) is 5.12. The molecule has 0 saturated carbocycles. The van der Waals surface area contributed by atoms with Crippen LogP contribution < -0.4 is 25.5 Å². The summed E-state index contributed by atoms with van der Waals surface area (Å²) in [6.07, 6.45) is 0. The molecule has 0 amide bonds. The third kappa shape index (κ3) is 3.02. The van der Waals surface area contributed by atoms with E-state index in [0.29, 0.717) is 39.5 Å². The van der Waals surface area contributed by atoms with E-state index in [0.717, 1.165) is 11.1 Å². The highest BCUT2D eigenvalue weighted by Gasteiger charge is 2.21. The molecule has 4 rings (SSSR count). The van der Waals surface area contributed by atoms with Crippen molar-refractivity contribution in [3.05, 3.63) is 63.3 Å².